The van der Waals surface area contributed by atoms with Gasteiger partial charge in [0.25, 0.3) is 5.91 Å². The number of amides is 1. The molecule has 98 valence electrons. The van der Waals surface area contributed by atoms with E-state index in [1.54, 1.807) is 4.90 Å². The Kier molecular flexibility index (Phi) is 2.81. The number of likely N-dealkylation sites (tertiary alicyclic amines) is 1. The average Bonchev–Trinajstić information content (AvgIpc) is 2.90. The number of carbonyl (C=O) groups is 1. The summed E-state index contributed by atoms with van der Waals surface area (Å²) >= 11 is 0. The van der Waals surface area contributed by atoms with Gasteiger partial charge in [0.1, 0.15) is 0 Å². The van der Waals surface area contributed by atoms with Gasteiger partial charge in [-0.05, 0) is 19.3 Å². The van der Waals surface area contributed by atoms with E-state index in [2.05, 4.69) is 15.4 Å². The van der Waals surface area contributed by atoms with Crippen LogP contribution in [0, 0.1) is 5.92 Å². The summed E-state index contributed by atoms with van der Waals surface area (Å²) in [6.45, 7) is 1.25. The second kappa shape index (κ2) is 4.35. The van der Waals surface area contributed by atoms with E-state index in [0.717, 1.165) is 25.7 Å². The van der Waals surface area contributed by atoms with Crippen LogP contribution in [0.4, 0.5) is 0 Å². The van der Waals surface area contributed by atoms with Crippen molar-refractivity contribution in [3.05, 3.63) is 11.9 Å². The molecule has 6 heteroatoms. The van der Waals surface area contributed by atoms with Crippen molar-refractivity contribution in [2.75, 3.05) is 13.1 Å². The van der Waals surface area contributed by atoms with Crippen molar-refractivity contribution in [2.45, 2.75) is 37.7 Å². The number of nitrogens with zero attached hydrogens (tertiary/aromatic N) is 3. The molecule has 0 bridgehead atoms. The molecule has 1 aliphatic carbocycles. The van der Waals surface area contributed by atoms with Crippen molar-refractivity contribution in [1.82, 2.24) is 20.3 Å². The highest BCUT2D eigenvalue weighted by Crippen LogP contribution is 2.39. The predicted octanol–water partition coefficient (Wildman–Crippen LogP) is 0.572. The SMILES string of the molecule is O=C(c1cn[nH]n1)N1CCC2(O)CCCCC2C1. The van der Waals surface area contributed by atoms with Gasteiger partial charge in [-0.25, -0.2) is 0 Å². The zero-order chi connectivity index (χ0) is 12.6. The predicted molar refractivity (Wildman–Crippen MR) is 63.8 cm³/mol. The fourth-order valence-corrected chi connectivity index (χ4v) is 3.22. The fourth-order valence-electron chi connectivity index (χ4n) is 3.22. The lowest BCUT2D eigenvalue weighted by atomic mass is 9.71. The first kappa shape index (κ1) is 11.6. The van der Waals surface area contributed by atoms with Gasteiger partial charge in [0.05, 0.1) is 11.8 Å². The largest absolute Gasteiger partial charge is 0.389 e. The Bertz CT molecular complexity index is 433. The maximum atomic E-state index is 12.2. The van der Waals surface area contributed by atoms with E-state index in [1.807, 2.05) is 0 Å². The van der Waals surface area contributed by atoms with Crippen LogP contribution < -0.4 is 0 Å². The Hall–Kier alpha value is -1.43. The molecule has 1 amide bonds. The van der Waals surface area contributed by atoms with E-state index in [1.165, 1.54) is 6.20 Å². The molecule has 1 saturated carbocycles. The third-order valence-electron chi connectivity index (χ3n) is 4.35. The molecular formula is C12H18N4O2. The van der Waals surface area contributed by atoms with E-state index in [-0.39, 0.29) is 11.8 Å². The fraction of sp³-hybridized carbons (Fsp3) is 0.750. The molecule has 2 atom stereocenters. The smallest absolute Gasteiger partial charge is 0.276 e. The van der Waals surface area contributed by atoms with Gasteiger partial charge in [0.15, 0.2) is 5.69 Å². The van der Waals surface area contributed by atoms with Crippen LogP contribution >= 0.6 is 0 Å². The van der Waals surface area contributed by atoms with Crippen molar-refractivity contribution >= 4 is 5.91 Å². The summed E-state index contributed by atoms with van der Waals surface area (Å²) in [6, 6.07) is 0. The molecule has 1 aromatic rings. The second-order valence-electron chi connectivity index (χ2n) is 5.40. The van der Waals surface area contributed by atoms with Gasteiger partial charge in [-0.3, -0.25) is 4.79 Å². The molecule has 2 N–H and O–H groups in total. The summed E-state index contributed by atoms with van der Waals surface area (Å²) in [6.07, 6.45) is 6.28. The molecule has 6 nitrogen and oxygen atoms in total. The standard InChI is InChI=1S/C12H18N4O2/c17-11(10-7-13-15-14-10)16-6-5-12(18)4-2-1-3-9(12)8-16/h7,9,18H,1-6,8H2,(H,13,14,15). The molecule has 1 aromatic heterocycles. The summed E-state index contributed by atoms with van der Waals surface area (Å²) in [5.74, 6) is 0.132. The Morgan fingerprint density at radius 1 is 1.50 bits per heavy atom. The van der Waals surface area contributed by atoms with Gasteiger partial charge in [-0.1, -0.05) is 12.8 Å². The summed E-state index contributed by atoms with van der Waals surface area (Å²) in [4.78, 5) is 14.0. The number of aromatic nitrogens is 3. The van der Waals surface area contributed by atoms with Crippen LogP contribution in [0.2, 0.25) is 0 Å². The number of nitrogens with one attached hydrogen (secondary N) is 1. The van der Waals surface area contributed by atoms with Crippen molar-refractivity contribution < 1.29 is 9.90 Å². The molecule has 3 rings (SSSR count). The second-order valence-corrected chi connectivity index (χ2v) is 5.40. The Balaban J connectivity index is 1.72. The summed E-state index contributed by atoms with van der Waals surface area (Å²) in [5.41, 5.74) is -0.185. The monoisotopic (exact) mass is 250 g/mol. The first-order valence-corrected chi connectivity index (χ1v) is 6.56. The number of piperidine rings is 1. The molecule has 18 heavy (non-hydrogen) atoms. The zero-order valence-electron chi connectivity index (χ0n) is 10.3. The highest BCUT2D eigenvalue weighted by molar-refractivity contribution is 5.91. The Labute approximate surface area is 105 Å². The van der Waals surface area contributed by atoms with Crippen LogP contribution in [0.5, 0.6) is 0 Å². The number of rotatable bonds is 1. The lowest BCUT2D eigenvalue weighted by Crippen LogP contribution is -2.54. The summed E-state index contributed by atoms with van der Waals surface area (Å²) < 4.78 is 0. The number of carbonyl (C=O) groups excluding carboxylic acids is 1. The number of fused-ring (bicyclic) bond motifs is 1. The van der Waals surface area contributed by atoms with Crippen molar-refractivity contribution in [2.24, 2.45) is 5.92 Å². The van der Waals surface area contributed by atoms with Gasteiger partial charge >= 0.3 is 0 Å². The molecule has 1 aliphatic heterocycles. The Morgan fingerprint density at radius 3 is 3.17 bits per heavy atom. The minimum atomic E-state index is -0.543. The molecule has 0 spiro atoms. The molecule has 0 radical (unpaired) electrons. The van der Waals surface area contributed by atoms with E-state index in [4.69, 9.17) is 0 Å². The lowest BCUT2D eigenvalue weighted by Gasteiger charge is -2.47. The number of H-pyrrole nitrogens is 1. The average molecular weight is 250 g/mol. The summed E-state index contributed by atoms with van der Waals surface area (Å²) in [5, 5.41) is 20.5. The minimum absolute atomic E-state index is 0.0867. The highest BCUT2D eigenvalue weighted by Gasteiger charge is 2.43. The number of aliphatic hydroxyl groups is 1. The van der Waals surface area contributed by atoms with E-state index in [9.17, 15) is 9.90 Å². The molecule has 0 aromatic carbocycles. The minimum Gasteiger partial charge on any atom is -0.389 e. The molecular weight excluding hydrogens is 232 g/mol. The van der Waals surface area contributed by atoms with E-state index in [0.29, 0.717) is 25.2 Å². The van der Waals surface area contributed by atoms with Crippen LogP contribution in [0.25, 0.3) is 0 Å². The van der Waals surface area contributed by atoms with Gasteiger partial charge in [0.2, 0.25) is 0 Å². The topological polar surface area (TPSA) is 82.1 Å². The lowest BCUT2D eigenvalue weighted by molar-refractivity contribution is -0.0886. The first-order valence-electron chi connectivity index (χ1n) is 6.56. The number of aromatic amines is 1. The van der Waals surface area contributed by atoms with Crippen LogP contribution in [0.1, 0.15) is 42.6 Å². The van der Waals surface area contributed by atoms with Crippen molar-refractivity contribution in [3.8, 4) is 0 Å². The number of hydrogen-bond donors (Lipinski definition) is 2. The van der Waals surface area contributed by atoms with Crippen LogP contribution in [0.15, 0.2) is 6.20 Å². The molecule has 1 saturated heterocycles. The van der Waals surface area contributed by atoms with Crippen LogP contribution in [-0.4, -0.2) is 50.0 Å². The van der Waals surface area contributed by atoms with Gasteiger partial charge in [0, 0.05) is 19.0 Å². The van der Waals surface area contributed by atoms with Gasteiger partial charge < -0.3 is 10.0 Å². The zero-order valence-corrected chi connectivity index (χ0v) is 10.3. The third-order valence-corrected chi connectivity index (χ3v) is 4.35. The summed E-state index contributed by atoms with van der Waals surface area (Å²) in [7, 11) is 0. The quantitative estimate of drug-likeness (QED) is 0.763. The van der Waals surface area contributed by atoms with Crippen molar-refractivity contribution in [3.63, 3.8) is 0 Å². The maximum Gasteiger partial charge on any atom is 0.276 e. The molecule has 2 aliphatic rings. The first-order chi connectivity index (χ1) is 8.69. The molecule has 2 unspecified atom stereocenters. The van der Waals surface area contributed by atoms with E-state index < -0.39 is 5.60 Å². The van der Waals surface area contributed by atoms with Crippen LogP contribution in [-0.2, 0) is 0 Å². The Morgan fingerprint density at radius 2 is 2.39 bits per heavy atom. The normalized spacial score (nSPS) is 32.1. The molecule has 2 fully saturated rings. The third kappa shape index (κ3) is 1.90. The maximum absolute atomic E-state index is 12.2. The van der Waals surface area contributed by atoms with Crippen LogP contribution in [0.3, 0.4) is 0 Å². The number of hydrogen-bond acceptors (Lipinski definition) is 4. The van der Waals surface area contributed by atoms with Gasteiger partial charge in [-0.2, -0.15) is 15.4 Å². The highest BCUT2D eigenvalue weighted by atomic mass is 16.3. The van der Waals surface area contributed by atoms with Gasteiger partial charge in [-0.15, -0.1) is 0 Å². The van der Waals surface area contributed by atoms with Crippen molar-refractivity contribution in [1.29, 1.82) is 0 Å². The molecule has 2 heterocycles. The van der Waals surface area contributed by atoms with E-state index >= 15 is 0 Å².